The number of nitrogens with one attached hydrogen (secondary N) is 2. The molecular weight excluding hydrogens is 504 g/mol. The number of aromatic nitrogens is 3. The molecule has 8 nitrogen and oxygen atoms in total. The van der Waals surface area contributed by atoms with Crippen molar-refractivity contribution in [3.63, 3.8) is 0 Å². The van der Waals surface area contributed by atoms with Crippen LogP contribution in [-0.4, -0.2) is 52.0 Å². The van der Waals surface area contributed by atoms with Crippen LogP contribution in [-0.2, 0) is 4.74 Å². The van der Waals surface area contributed by atoms with E-state index in [1.54, 1.807) is 30.3 Å². The lowest BCUT2D eigenvalue weighted by atomic mass is 10.1. The highest BCUT2D eigenvalue weighted by molar-refractivity contribution is 6.34. The van der Waals surface area contributed by atoms with Crippen molar-refractivity contribution in [3.05, 3.63) is 95.0 Å². The topological polar surface area (TPSA) is 98.1 Å². The number of hydrogen-bond donors (Lipinski definition) is 2. The lowest BCUT2D eigenvalue weighted by Gasteiger charge is -2.33. The van der Waals surface area contributed by atoms with E-state index in [0.717, 1.165) is 0 Å². The maximum absolute atomic E-state index is 14.3. The number of amides is 2. The van der Waals surface area contributed by atoms with Crippen LogP contribution in [0.5, 0.6) is 0 Å². The van der Waals surface area contributed by atoms with Crippen molar-refractivity contribution < 1.29 is 23.1 Å². The highest BCUT2D eigenvalue weighted by atomic mass is 35.5. The van der Waals surface area contributed by atoms with Crippen LogP contribution >= 0.6 is 11.6 Å². The number of anilines is 1. The molecule has 1 aliphatic rings. The number of para-hydroxylation sites is 1. The molecule has 2 aromatic heterocycles. The Morgan fingerprint density at radius 3 is 2.54 bits per heavy atom. The van der Waals surface area contributed by atoms with Gasteiger partial charge in [0, 0.05) is 17.8 Å². The van der Waals surface area contributed by atoms with Crippen molar-refractivity contribution in [2.24, 2.45) is 0 Å². The Kier molecular flexibility index (Phi) is 6.68. The molecule has 37 heavy (non-hydrogen) atoms. The first-order chi connectivity index (χ1) is 17.8. The Bertz CT molecular complexity index is 1470. The van der Waals surface area contributed by atoms with E-state index in [-0.39, 0.29) is 47.6 Å². The summed E-state index contributed by atoms with van der Waals surface area (Å²) >= 11 is 6.29. The normalized spacial score (nSPS) is 14.0. The van der Waals surface area contributed by atoms with Crippen LogP contribution in [0.1, 0.15) is 20.8 Å². The summed E-state index contributed by atoms with van der Waals surface area (Å²) in [6.07, 6.45) is 1.44. The first-order valence-corrected chi connectivity index (χ1v) is 11.6. The predicted molar refractivity (Wildman–Crippen MR) is 133 cm³/mol. The zero-order chi connectivity index (χ0) is 26.0. The molecule has 1 aliphatic heterocycles. The molecule has 0 radical (unpaired) electrons. The van der Waals surface area contributed by atoms with E-state index in [4.69, 9.17) is 16.3 Å². The summed E-state index contributed by atoms with van der Waals surface area (Å²) in [5.74, 6) is -1.59. The van der Waals surface area contributed by atoms with E-state index < -0.39 is 23.3 Å². The molecule has 2 amide bonds. The third-order valence-electron chi connectivity index (χ3n) is 5.71. The Hall–Kier alpha value is -4.15. The number of carbonyl (C=O) groups is 2. The van der Waals surface area contributed by atoms with E-state index >= 15 is 0 Å². The third kappa shape index (κ3) is 5.20. The average Bonchev–Trinajstić information content (AvgIpc) is 3.31. The van der Waals surface area contributed by atoms with Crippen LogP contribution in [0.4, 0.5) is 14.6 Å². The van der Waals surface area contributed by atoms with Gasteiger partial charge in [0.25, 0.3) is 11.8 Å². The van der Waals surface area contributed by atoms with Gasteiger partial charge < -0.3 is 15.4 Å². The Balaban J connectivity index is 1.44. The van der Waals surface area contributed by atoms with E-state index in [1.807, 2.05) is 6.07 Å². The van der Waals surface area contributed by atoms with E-state index in [1.165, 1.54) is 41.2 Å². The fourth-order valence-corrected chi connectivity index (χ4v) is 3.93. The predicted octanol–water partition coefficient (Wildman–Crippen LogP) is 4.45. The molecule has 2 N–H and O–H groups in total. The molecule has 0 aliphatic carbocycles. The largest absolute Gasteiger partial charge is 0.374 e. The molecule has 4 aromatic rings. The van der Waals surface area contributed by atoms with E-state index in [0.29, 0.717) is 11.3 Å². The fraction of sp³-hybridized carbons (Fsp3) is 0.154. The van der Waals surface area contributed by atoms with Gasteiger partial charge in [-0.25, -0.2) is 13.5 Å². The van der Waals surface area contributed by atoms with Gasteiger partial charge in [0.15, 0.2) is 11.4 Å². The van der Waals surface area contributed by atoms with E-state index in [2.05, 4.69) is 20.7 Å². The summed E-state index contributed by atoms with van der Waals surface area (Å²) in [5, 5.41) is 9.68. The Morgan fingerprint density at radius 1 is 1.05 bits per heavy atom. The second-order valence-electron chi connectivity index (χ2n) is 8.47. The standard InChI is InChI=1S/C26H20ClF2N5O3/c27-19-9-8-16(23-20(28)7-4-10-30-23)11-18(19)24(35)32-22-12-21(25(36)31-13-26(29)14-37-15-26)33-34(22)17-5-2-1-3-6-17/h1-12H,13-15H2,(H,31,36)(H,32,35). The number of pyridine rings is 1. The van der Waals surface area contributed by atoms with Gasteiger partial charge in [-0.2, -0.15) is 5.10 Å². The molecule has 0 bridgehead atoms. The van der Waals surface area contributed by atoms with Gasteiger partial charge in [0.1, 0.15) is 17.3 Å². The first-order valence-electron chi connectivity index (χ1n) is 11.3. The monoisotopic (exact) mass is 523 g/mol. The van der Waals surface area contributed by atoms with Gasteiger partial charge in [-0.15, -0.1) is 0 Å². The minimum absolute atomic E-state index is 0.0293. The molecule has 2 aromatic carbocycles. The lowest BCUT2D eigenvalue weighted by Crippen LogP contribution is -2.53. The molecule has 11 heteroatoms. The number of nitrogens with zero attached hydrogens (tertiary/aromatic N) is 3. The van der Waals surface area contributed by atoms with Gasteiger partial charge in [-0.1, -0.05) is 35.9 Å². The van der Waals surface area contributed by atoms with Crippen molar-refractivity contribution in [3.8, 4) is 16.9 Å². The number of ether oxygens (including phenoxy) is 1. The van der Waals surface area contributed by atoms with Crippen LogP contribution in [0.2, 0.25) is 5.02 Å². The molecule has 0 unspecified atom stereocenters. The zero-order valence-electron chi connectivity index (χ0n) is 19.2. The summed E-state index contributed by atoms with van der Waals surface area (Å²) in [6, 6.07) is 17.4. The molecule has 0 saturated carbocycles. The third-order valence-corrected chi connectivity index (χ3v) is 6.04. The number of halogens is 3. The highest BCUT2D eigenvalue weighted by Crippen LogP contribution is 2.27. The molecule has 0 spiro atoms. The average molecular weight is 524 g/mol. The Morgan fingerprint density at radius 2 is 1.84 bits per heavy atom. The number of carbonyl (C=O) groups excluding carboxylic acids is 2. The van der Waals surface area contributed by atoms with Crippen molar-refractivity contribution in [2.75, 3.05) is 25.1 Å². The Labute approximate surface area is 215 Å². The van der Waals surface area contributed by atoms with Crippen molar-refractivity contribution in [1.82, 2.24) is 20.1 Å². The SMILES string of the molecule is O=C(NCC1(F)COC1)c1cc(NC(=O)c2cc(-c3ncccc3F)ccc2Cl)n(-c2ccccc2)n1. The van der Waals surface area contributed by atoms with Gasteiger partial charge >= 0.3 is 0 Å². The number of rotatable bonds is 7. The van der Waals surface area contributed by atoms with Gasteiger partial charge in [0.2, 0.25) is 0 Å². The highest BCUT2D eigenvalue weighted by Gasteiger charge is 2.39. The molecular formula is C26H20ClF2N5O3. The van der Waals surface area contributed by atoms with Gasteiger partial charge in [-0.05, 0) is 36.4 Å². The minimum Gasteiger partial charge on any atom is -0.374 e. The number of benzene rings is 2. The molecule has 1 saturated heterocycles. The van der Waals surface area contributed by atoms with Crippen molar-refractivity contribution >= 4 is 29.2 Å². The van der Waals surface area contributed by atoms with Gasteiger partial charge in [0.05, 0.1) is 36.0 Å². The summed E-state index contributed by atoms with van der Waals surface area (Å²) in [7, 11) is 0. The summed E-state index contributed by atoms with van der Waals surface area (Å²) in [6.45, 7) is -0.400. The second-order valence-corrected chi connectivity index (χ2v) is 8.88. The molecule has 188 valence electrons. The quantitative estimate of drug-likeness (QED) is 0.373. The summed E-state index contributed by atoms with van der Waals surface area (Å²) < 4.78 is 34.8. The molecule has 1 fully saturated rings. The van der Waals surface area contributed by atoms with Crippen LogP contribution in [0, 0.1) is 5.82 Å². The maximum atomic E-state index is 14.3. The molecule has 5 rings (SSSR count). The molecule has 0 atom stereocenters. The zero-order valence-corrected chi connectivity index (χ0v) is 20.0. The minimum atomic E-state index is -1.61. The van der Waals surface area contributed by atoms with Crippen LogP contribution in [0.25, 0.3) is 16.9 Å². The fourth-order valence-electron chi connectivity index (χ4n) is 3.73. The lowest BCUT2D eigenvalue weighted by molar-refractivity contribution is -0.126. The summed E-state index contributed by atoms with van der Waals surface area (Å²) in [4.78, 5) is 30.0. The van der Waals surface area contributed by atoms with Gasteiger partial charge in [-0.3, -0.25) is 14.6 Å². The number of hydrogen-bond acceptors (Lipinski definition) is 5. The van der Waals surface area contributed by atoms with Crippen molar-refractivity contribution in [2.45, 2.75) is 5.67 Å². The maximum Gasteiger partial charge on any atom is 0.271 e. The van der Waals surface area contributed by atoms with Crippen LogP contribution in [0.3, 0.4) is 0 Å². The van der Waals surface area contributed by atoms with Crippen LogP contribution < -0.4 is 10.6 Å². The number of alkyl halides is 1. The smallest absolute Gasteiger partial charge is 0.271 e. The summed E-state index contributed by atoms with van der Waals surface area (Å²) in [5.41, 5.74) is -0.558. The van der Waals surface area contributed by atoms with E-state index in [9.17, 15) is 18.4 Å². The van der Waals surface area contributed by atoms with Crippen LogP contribution in [0.15, 0.2) is 72.9 Å². The second kappa shape index (κ2) is 10.1. The van der Waals surface area contributed by atoms with Crippen molar-refractivity contribution in [1.29, 1.82) is 0 Å². The molecule has 3 heterocycles. The first kappa shape index (κ1) is 24.5.